The van der Waals surface area contributed by atoms with E-state index in [0.717, 1.165) is 54.9 Å². The summed E-state index contributed by atoms with van der Waals surface area (Å²) >= 11 is 0. The van der Waals surface area contributed by atoms with Crippen molar-refractivity contribution in [2.45, 2.75) is 45.4 Å². The first-order valence-corrected chi connectivity index (χ1v) is 11.2. The maximum atomic E-state index is 12.5. The second-order valence-electron chi connectivity index (χ2n) is 8.02. The van der Waals surface area contributed by atoms with Gasteiger partial charge in [0.25, 0.3) is 5.56 Å². The van der Waals surface area contributed by atoms with E-state index in [2.05, 4.69) is 27.0 Å². The Morgan fingerprint density at radius 1 is 1.16 bits per heavy atom. The molecule has 3 heterocycles. The first-order chi connectivity index (χ1) is 15.7. The fourth-order valence-corrected chi connectivity index (χ4v) is 4.30. The van der Waals surface area contributed by atoms with Crippen molar-refractivity contribution in [3.8, 4) is 17.1 Å². The third-order valence-electron chi connectivity index (χ3n) is 5.86. The number of rotatable bonds is 8. The predicted octanol–water partition coefficient (Wildman–Crippen LogP) is 4.10. The van der Waals surface area contributed by atoms with Crippen LogP contribution in [-0.2, 0) is 17.9 Å². The van der Waals surface area contributed by atoms with Crippen molar-refractivity contribution in [2.24, 2.45) is 0 Å². The molecule has 1 aromatic carbocycles. The van der Waals surface area contributed by atoms with E-state index in [1.807, 2.05) is 25.1 Å². The number of likely N-dealkylation sites (tertiary alicyclic amines) is 1. The number of nitrogens with zero attached hydrogens (tertiary/aromatic N) is 3. The molecule has 0 radical (unpaired) electrons. The van der Waals surface area contributed by atoms with E-state index < -0.39 is 0 Å². The van der Waals surface area contributed by atoms with Gasteiger partial charge in [0.05, 0.1) is 25.5 Å². The number of aromatic nitrogens is 3. The van der Waals surface area contributed by atoms with E-state index in [9.17, 15) is 4.79 Å². The highest BCUT2D eigenvalue weighted by atomic mass is 16.5. The second kappa shape index (κ2) is 10.5. The van der Waals surface area contributed by atoms with Crippen molar-refractivity contribution in [1.29, 1.82) is 0 Å². The lowest BCUT2D eigenvalue weighted by atomic mass is 9.97. The van der Waals surface area contributed by atoms with Crippen molar-refractivity contribution in [3.05, 3.63) is 76.0 Å². The zero-order chi connectivity index (χ0) is 22.3. The van der Waals surface area contributed by atoms with E-state index >= 15 is 0 Å². The molecule has 0 saturated carbocycles. The molecule has 1 unspecified atom stereocenters. The molecule has 1 aliphatic heterocycles. The van der Waals surface area contributed by atoms with Crippen LogP contribution in [0.25, 0.3) is 11.4 Å². The van der Waals surface area contributed by atoms with Crippen molar-refractivity contribution >= 4 is 0 Å². The predicted molar refractivity (Wildman–Crippen MR) is 123 cm³/mol. The summed E-state index contributed by atoms with van der Waals surface area (Å²) in [7, 11) is 1.68. The Hall–Kier alpha value is -3.03. The molecule has 1 aliphatic rings. The average molecular weight is 435 g/mol. The Balaban J connectivity index is 1.60. The summed E-state index contributed by atoms with van der Waals surface area (Å²) in [6.07, 6.45) is 6.66. The summed E-state index contributed by atoms with van der Waals surface area (Å²) in [4.78, 5) is 26.6. The van der Waals surface area contributed by atoms with Gasteiger partial charge in [-0.2, -0.15) is 0 Å². The third-order valence-corrected chi connectivity index (χ3v) is 5.86. The van der Waals surface area contributed by atoms with Crippen molar-refractivity contribution in [2.75, 3.05) is 20.3 Å². The van der Waals surface area contributed by atoms with Gasteiger partial charge >= 0.3 is 0 Å². The number of aromatic amines is 1. The normalized spacial score (nSPS) is 16.8. The van der Waals surface area contributed by atoms with E-state index in [0.29, 0.717) is 19.0 Å². The van der Waals surface area contributed by atoms with Gasteiger partial charge in [-0.25, -0.2) is 4.98 Å². The molecule has 1 N–H and O–H groups in total. The number of ether oxygens (including phenoxy) is 2. The maximum Gasteiger partial charge on any atom is 0.251 e. The lowest BCUT2D eigenvalue weighted by molar-refractivity contribution is 0.130. The van der Waals surface area contributed by atoms with Gasteiger partial charge in [0.2, 0.25) is 0 Å². The van der Waals surface area contributed by atoms with E-state index in [4.69, 9.17) is 14.5 Å². The molecule has 7 heteroatoms. The minimum absolute atomic E-state index is 0.101. The number of nitrogens with one attached hydrogen (secondary N) is 1. The summed E-state index contributed by atoms with van der Waals surface area (Å²) < 4.78 is 11.1. The van der Waals surface area contributed by atoms with Crippen LogP contribution >= 0.6 is 0 Å². The minimum atomic E-state index is -0.129. The van der Waals surface area contributed by atoms with Crippen LogP contribution in [0.1, 0.15) is 49.0 Å². The fraction of sp³-hybridized carbons (Fsp3) is 0.400. The molecule has 0 spiro atoms. The number of hydrogen-bond acceptors (Lipinski definition) is 6. The number of H-pyrrole nitrogens is 1. The summed E-state index contributed by atoms with van der Waals surface area (Å²) in [5.41, 5.74) is 3.80. The largest absolute Gasteiger partial charge is 0.496 e. The van der Waals surface area contributed by atoms with Crippen LogP contribution in [0.15, 0.2) is 53.6 Å². The number of methoxy groups -OCH3 is 1. The molecule has 0 bridgehead atoms. The Labute approximate surface area is 188 Å². The first kappa shape index (κ1) is 22.2. The summed E-state index contributed by atoms with van der Waals surface area (Å²) in [5.74, 6) is 1.43. The standard InChI is InChI=1S/C25H30N4O3/c1-3-32-17-20-14-18(7-8-23(20)31-2)16-29-13-5-4-6-22(29)21-15-24(30)28-25(27-21)19-9-11-26-12-10-19/h7-12,14-15,22H,3-6,13,16-17H2,1-2H3,(H,27,28,30). The van der Waals surface area contributed by atoms with Gasteiger partial charge < -0.3 is 14.5 Å². The number of pyridine rings is 1. The summed E-state index contributed by atoms with van der Waals surface area (Å²) in [5, 5.41) is 0. The lowest BCUT2D eigenvalue weighted by Gasteiger charge is -2.35. The Bertz CT molecular complexity index is 1080. The smallest absolute Gasteiger partial charge is 0.251 e. The Morgan fingerprint density at radius 2 is 2.00 bits per heavy atom. The van der Waals surface area contributed by atoms with Crippen LogP contribution in [0.2, 0.25) is 0 Å². The maximum absolute atomic E-state index is 12.5. The van der Waals surface area contributed by atoms with Crippen molar-refractivity contribution in [1.82, 2.24) is 19.9 Å². The van der Waals surface area contributed by atoms with Gasteiger partial charge in [0, 0.05) is 42.7 Å². The lowest BCUT2D eigenvalue weighted by Crippen LogP contribution is -2.34. The van der Waals surface area contributed by atoms with E-state index in [1.54, 1.807) is 25.6 Å². The van der Waals surface area contributed by atoms with Crippen LogP contribution in [0.3, 0.4) is 0 Å². The van der Waals surface area contributed by atoms with Crippen molar-refractivity contribution in [3.63, 3.8) is 0 Å². The molecule has 168 valence electrons. The van der Waals surface area contributed by atoms with Gasteiger partial charge in [-0.15, -0.1) is 0 Å². The van der Waals surface area contributed by atoms with Gasteiger partial charge in [-0.1, -0.05) is 12.5 Å². The number of benzene rings is 1. The second-order valence-corrected chi connectivity index (χ2v) is 8.02. The summed E-state index contributed by atoms with van der Waals surface area (Å²) in [6, 6.07) is 11.7. The van der Waals surface area contributed by atoms with Crippen molar-refractivity contribution < 1.29 is 9.47 Å². The number of hydrogen-bond donors (Lipinski definition) is 1. The summed E-state index contributed by atoms with van der Waals surface area (Å²) in [6.45, 7) is 4.93. The minimum Gasteiger partial charge on any atom is -0.496 e. The molecular weight excluding hydrogens is 404 g/mol. The van der Waals surface area contributed by atoms with E-state index in [1.165, 1.54) is 5.56 Å². The highest BCUT2D eigenvalue weighted by molar-refractivity contribution is 5.53. The van der Waals surface area contributed by atoms with Crippen LogP contribution in [0, 0.1) is 0 Å². The first-order valence-electron chi connectivity index (χ1n) is 11.2. The fourth-order valence-electron chi connectivity index (χ4n) is 4.30. The number of piperidine rings is 1. The van der Waals surface area contributed by atoms with Gasteiger partial charge in [0.1, 0.15) is 11.6 Å². The highest BCUT2D eigenvalue weighted by Gasteiger charge is 2.26. The molecule has 1 saturated heterocycles. The molecule has 0 aliphatic carbocycles. The van der Waals surface area contributed by atoms with Crippen LogP contribution in [0.5, 0.6) is 5.75 Å². The quantitative estimate of drug-likeness (QED) is 0.575. The van der Waals surface area contributed by atoms with Crippen LogP contribution in [0.4, 0.5) is 0 Å². The zero-order valence-electron chi connectivity index (χ0n) is 18.7. The topological polar surface area (TPSA) is 80.3 Å². The molecule has 3 aromatic rings. The molecule has 1 atom stereocenters. The monoisotopic (exact) mass is 434 g/mol. The molecule has 32 heavy (non-hydrogen) atoms. The Kier molecular flexibility index (Phi) is 7.29. The van der Waals surface area contributed by atoms with E-state index in [-0.39, 0.29) is 11.6 Å². The SMILES string of the molecule is CCOCc1cc(CN2CCCCC2c2cc(=O)[nH]c(-c3ccncc3)n2)ccc1OC. The van der Waals surface area contributed by atoms with Gasteiger partial charge in [-0.05, 0) is 56.1 Å². The molecule has 0 amide bonds. The molecule has 7 nitrogen and oxygen atoms in total. The molecular formula is C25H30N4O3. The Morgan fingerprint density at radius 3 is 2.78 bits per heavy atom. The van der Waals surface area contributed by atoms with Gasteiger partial charge in [0.15, 0.2) is 0 Å². The van der Waals surface area contributed by atoms with Crippen LogP contribution in [-0.4, -0.2) is 40.1 Å². The third kappa shape index (κ3) is 5.23. The zero-order valence-corrected chi connectivity index (χ0v) is 18.7. The molecule has 1 fully saturated rings. The average Bonchev–Trinajstić information content (AvgIpc) is 2.83. The van der Waals surface area contributed by atoms with Gasteiger partial charge in [-0.3, -0.25) is 14.7 Å². The van der Waals surface area contributed by atoms with Crippen LogP contribution < -0.4 is 10.3 Å². The molecule has 2 aromatic heterocycles. The molecule has 4 rings (SSSR count). The highest BCUT2D eigenvalue weighted by Crippen LogP contribution is 2.32.